The van der Waals surface area contributed by atoms with Crippen molar-refractivity contribution in [1.82, 2.24) is 19.9 Å². The van der Waals surface area contributed by atoms with E-state index in [-0.39, 0.29) is 42.1 Å². The molecule has 4 aromatic heterocycles. The van der Waals surface area contributed by atoms with Crippen molar-refractivity contribution in [2.24, 2.45) is 0 Å². The molecule has 6 rings (SSSR count). The molecule has 6 aromatic rings. The van der Waals surface area contributed by atoms with Crippen molar-refractivity contribution in [2.75, 3.05) is 0 Å². The molecule has 2 aromatic carbocycles. The van der Waals surface area contributed by atoms with Crippen molar-refractivity contribution in [3.8, 4) is 33.9 Å². The van der Waals surface area contributed by atoms with E-state index >= 15 is 0 Å². The van der Waals surface area contributed by atoms with Gasteiger partial charge in [-0.25, -0.2) is 0 Å². The molecule has 0 fully saturated rings. The van der Waals surface area contributed by atoms with Crippen LogP contribution in [0.5, 0.6) is 0 Å². The van der Waals surface area contributed by atoms with E-state index < -0.39 is 31.1 Å². The van der Waals surface area contributed by atoms with E-state index in [9.17, 15) is 42.7 Å². The van der Waals surface area contributed by atoms with Crippen LogP contribution in [0.15, 0.2) is 97.6 Å². The Balaban J connectivity index is 0.000000278. The molecule has 0 aliphatic rings. The van der Waals surface area contributed by atoms with Gasteiger partial charge in [-0.15, -0.1) is 24.3 Å². The zero-order valence-electron chi connectivity index (χ0n) is 32.6. The first-order valence-electron chi connectivity index (χ1n) is 17.1. The monoisotopic (exact) mass is 1010 g/mol. The number of hydrogen-bond acceptors (Lipinski definition) is 4. The van der Waals surface area contributed by atoms with Gasteiger partial charge in [-0.3, -0.25) is 27.5 Å². The Morgan fingerprint density at radius 2 is 0.810 bits per heavy atom. The molecule has 0 unspecified atom stereocenters. The molecule has 0 spiro atoms. The van der Waals surface area contributed by atoms with E-state index in [1.165, 1.54) is 11.1 Å². The van der Waals surface area contributed by atoms with Crippen LogP contribution >= 0.6 is 7.81 Å². The number of rotatable bonds is 3. The molecule has 0 N–H and O–H groups in total. The van der Waals surface area contributed by atoms with Crippen LogP contribution in [-0.4, -0.2) is 19.9 Å². The third-order valence-corrected chi connectivity index (χ3v) is 7.57. The molecular weight excluding hydrogens is 974 g/mol. The van der Waals surface area contributed by atoms with Gasteiger partial charge >= 0.3 is 53.1 Å². The first kappa shape index (κ1) is 49.6. The van der Waals surface area contributed by atoms with Crippen molar-refractivity contribution in [3.05, 3.63) is 155 Å². The summed E-state index contributed by atoms with van der Waals surface area (Å²) in [6, 6.07) is 24.4. The van der Waals surface area contributed by atoms with Crippen molar-refractivity contribution >= 4 is 7.81 Å². The zero-order chi connectivity index (χ0) is 43.0. The molecule has 4 heterocycles. The first-order valence-corrected chi connectivity index (χ1v) is 19.1. The smallest absolute Gasteiger partial charge is 3.00 e. The molecule has 0 saturated heterocycles. The number of aryl methyl sites for hydroxylation is 2. The Hall–Kier alpha value is -4.58. The van der Waals surface area contributed by atoms with Crippen molar-refractivity contribution in [1.29, 1.82) is 0 Å². The molecule has 0 bridgehead atoms. The van der Waals surface area contributed by atoms with Gasteiger partial charge in [0.1, 0.15) is 0 Å². The third-order valence-electron chi connectivity index (χ3n) is 7.57. The third kappa shape index (κ3) is 17.9. The van der Waals surface area contributed by atoms with Crippen LogP contribution < -0.4 is 0 Å². The average Bonchev–Trinajstić information content (AvgIpc) is 3.08. The van der Waals surface area contributed by atoms with Gasteiger partial charge in [0.05, 0.1) is 11.4 Å². The number of benzene rings is 2. The molecule has 0 radical (unpaired) electrons. The zero-order valence-corrected chi connectivity index (χ0v) is 35.9. The Labute approximate surface area is 344 Å². The average molecular weight is 1010 g/mol. The van der Waals surface area contributed by atoms with Crippen LogP contribution in [0.3, 0.4) is 0 Å². The summed E-state index contributed by atoms with van der Waals surface area (Å²) in [5.74, 6) is -2.57. The van der Waals surface area contributed by atoms with Crippen LogP contribution in [0.1, 0.15) is 63.8 Å². The number of pyridine rings is 4. The van der Waals surface area contributed by atoms with Gasteiger partial charge in [-0.1, -0.05) is 89.1 Å². The second-order valence-electron chi connectivity index (χ2n) is 14.8. The van der Waals surface area contributed by atoms with Gasteiger partial charge in [-0.2, -0.15) is 0 Å². The summed E-state index contributed by atoms with van der Waals surface area (Å²) in [5, 5.41) is 0. The Kier molecular flexibility index (Phi) is 15.9. The van der Waals surface area contributed by atoms with Crippen LogP contribution in [0.4, 0.5) is 42.7 Å². The summed E-state index contributed by atoms with van der Waals surface area (Å²) in [4.78, 5) is 17.1. The van der Waals surface area contributed by atoms with E-state index in [4.69, 9.17) is 0 Å². The molecule has 16 heteroatoms. The number of hydrogen-bond donors (Lipinski definition) is 0. The molecule has 0 aliphatic heterocycles. The van der Waals surface area contributed by atoms with E-state index in [1.54, 1.807) is 24.5 Å². The van der Waals surface area contributed by atoms with Crippen LogP contribution in [0.25, 0.3) is 33.9 Å². The molecule has 0 atom stereocenters. The maximum absolute atomic E-state index is 13.3. The maximum atomic E-state index is 13.3. The van der Waals surface area contributed by atoms with Crippen molar-refractivity contribution in [3.63, 3.8) is 0 Å². The van der Waals surface area contributed by atoms with Gasteiger partial charge in [0.15, 0.2) is 0 Å². The molecule has 0 amide bonds. The van der Waals surface area contributed by atoms with E-state index in [0.717, 1.165) is 46.8 Å². The molecule has 0 aliphatic carbocycles. The minimum absolute atomic E-state index is 0. The largest absolute Gasteiger partial charge is 3.00 e. The Morgan fingerprint density at radius 3 is 1.07 bits per heavy atom. The van der Waals surface area contributed by atoms with Gasteiger partial charge in [0.25, 0.3) is 0 Å². The summed E-state index contributed by atoms with van der Waals surface area (Å²) < 4.78 is 111. The van der Waals surface area contributed by atoms with E-state index in [1.807, 2.05) is 38.4 Å². The fourth-order valence-electron chi connectivity index (χ4n) is 4.59. The van der Waals surface area contributed by atoms with Crippen LogP contribution in [0, 0.1) is 49.2 Å². The second-order valence-corrected chi connectivity index (χ2v) is 16.8. The predicted molar refractivity (Wildman–Crippen MR) is 205 cm³/mol. The minimum Gasteiger partial charge on any atom is 3.00 e. The van der Waals surface area contributed by atoms with Crippen molar-refractivity contribution in [2.45, 2.75) is 66.2 Å². The first-order chi connectivity index (χ1) is 26.0. The summed E-state index contributed by atoms with van der Waals surface area (Å²) >= 11 is 0. The second kappa shape index (κ2) is 18.6. The van der Waals surface area contributed by atoms with Gasteiger partial charge < -0.3 is 9.97 Å². The SMILES string of the molecule is CC(C)(C)c1ccnc(-c2cc(C(C)(C)C)ccn2)c1.Cc1ccc(-c2[c-]cc(F)cc2F)nc1.Cc1ccc(-c2[c-]cc(F)cc2F)nc1.F[P-](F)(F)(F)(F)F.[Ir+3]. The van der Waals surface area contributed by atoms with Crippen LogP contribution in [-0.2, 0) is 30.9 Å². The number of nitrogens with zero attached hydrogens (tertiary/aromatic N) is 4. The summed E-state index contributed by atoms with van der Waals surface area (Å²) in [5.41, 5.74) is 7.98. The van der Waals surface area contributed by atoms with Gasteiger partial charge in [0.2, 0.25) is 0 Å². The fraction of sp³-hybridized carbons (Fsp3) is 0.238. The maximum Gasteiger partial charge on any atom is 3.00 e. The number of aromatic nitrogens is 4. The van der Waals surface area contributed by atoms with Crippen LogP contribution in [0.2, 0.25) is 0 Å². The molecule has 4 nitrogen and oxygen atoms in total. The molecule has 58 heavy (non-hydrogen) atoms. The standard InChI is InChI=1S/C18H24N2.2C12H8F2N.F6P.Ir/c1-17(2,3)13-7-9-19-15(11-13)16-12-14(8-10-20-16)18(4,5)6;2*1-8-2-5-12(15-7-8)10-4-3-9(13)6-11(10)14;1-7(2,3,4,5)6;/h7-12H,1-6H3;2*2-3,5-7H,1H3;;/q;3*-1;+3. The van der Waals surface area contributed by atoms with Gasteiger partial charge in [-0.05, 0) is 82.6 Å². The quantitative estimate of drug-likeness (QED) is 0.101. The summed E-state index contributed by atoms with van der Waals surface area (Å²) in [6.45, 7) is 17.1. The summed E-state index contributed by atoms with van der Waals surface area (Å²) in [6.07, 6.45) is 7.01. The summed E-state index contributed by atoms with van der Waals surface area (Å²) in [7, 11) is -10.7. The minimum atomic E-state index is -10.7. The van der Waals surface area contributed by atoms with E-state index in [0.29, 0.717) is 11.4 Å². The molecular formula is C42H40F10IrN4P. The normalized spacial score (nSPS) is 12.4. The topological polar surface area (TPSA) is 51.6 Å². The molecule has 312 valence electrons. The Morgan fingerprint density at radius 1 is 0.483 bits per heavy atom. The Bertz CT molecular complexity index is 2120. The van der Waals surface area contributed by atoms with Gasteiger partial charge in [0, 0.05) is 48.1 Å². The van der Waals surface area contributed by atoms with E-state index in [2.05, 4.69) is 97.9 Å². The van der Waals surface area contributed by atoms with Crippen molar-refractivity contribution < 1.29 is 62.8 Å². The molecule has 0 saturated carbocycles. The predicted octanol–water partition coefficient (Wildman–Crippen LogP) is 14.4. The number of halogens is 10. The fourth-order valence-corrected chi connectivity index (χ4v) is 4.59.